The number of rotatable bonds is 14. The molecule has 3 amide bonds. The van der Waals surface area contributed by atoms with Gasteiger partial charge < -0.3 is 39.3 Å². The van der Waals surface area contributed by atoms with Crippen molar-refractivity contribution in [2.75, 3.05) is 27.3 Å². The van der Waals surface area contributed by atoms with Gasteiger partial charge in [0.05, 0.1) is 55.6 Å². The minimum atomic E-state index is -0.650. The van der Waals surface area contributed by atoms with E-state index in [9.17, 15) is 14.4 Å². The second-order valence-electron chi connectivity index (χ2n) is 14.2. The van der Waals surface area contributed by atoms with E-state index in [1.54, 1.807) is 18.2 Å². The van der Waals surface area contributed by atoms with Crippen LogP contribution >= 0.6 is 0 Å². The van der Waals surface area contributed by atoms with Crippen molar-refractivity contribution in [2.24, 2.45) is 5.92 Å². The van der Waals surface area contributed by atoms with Crippen LogP contribution < -0.4 is 10.1 Å². The fourth-order valence-electron chi connectivity index (χ4n) is 6.70. The number of hydrogen-bond acceptors (Lipinski definition) is 8. The maximum Gasteiger partial charge on any atom is 0.407 e. The average molecular weight is 724 g/mol. The van der Waals surface area contributed by atoms with E-state index in [4.69, 9.17) is 14.5 Å². The first kappa shape index (κ1) is 37.3. The number of aromatic nitrogens is 4. The molecule has 280 valence electrons. The summed E-state index contributed by atoms with van der Waals surface area (Å²) in [6, 6.07) is 14.7. The number of carbonyl (C=O) groups is 3. The van der Waals surface area contributed by atoms with Crippen LogP contribution in [-0.2, 0) is 38.8 Å². The maximum absolute atomic E-state index is 13.2. The third kappa shape index (κ3) is 8.30. The average Bonchev–Trinajstić information content (AvgIpc) is 3.81. The van der Waals surface area contributed by atoms with Crippen LogP contribution in [0.2, 0.25) is 0 Å². The van der Waals surface area contributed by atoms with E-state index in [-0.39, 0.29) is 43.0 Å². The first-order chi connectivity index (χ1) is 25.5. The number of benzene rings is 3. The van der Waals surface area contributed by atoms with E-state index in [0.717, 1.165) is 67.7 Å². The Labute approximate surface area is 309 Å². The van der Waals surface area contributed by atoms with Crippen molar-refractivity contribution in [1.82, 2.24) is 35.1 Å². The summed E-state index contributed by atoms with van der Waals surface area (Å²) < 4.78 is 16.3. The predicted octanol–water partition coefficient (Wildman–Crippen LogP) is 6.56. The number of ether oxygens (including phenoxy) is 3. The Balaban J connectivity index is 1.22. The van der Waals surface area contributed by atoms with Crippen molar-refractivity contribution >= 4 is 39.7 Å². The molecule has 6 rings (SSSR count). The third-order valence-corrected chi connectivity index (χ3v) is 9.81. The van der Waals surface area contributed by atoms with Crippen LogP contribution in [0.5, 0.6) is 5.75 Å². The highest BCUT2D eigenvalue weighted by Crippen LogP contribution is 2.42. The van der Waals surface area contributed by atoms with Gasteiger partial charge in [-0.2, -0.15) is 0 Å². The highest BCUT2D eigenvalue weighted by molar-refractivity contribution is 6.07. The zero-order chi connectivity index (χ0) is 37.8. The van der Waals surface area contributed by atoms with Gasteiger partial charge in [0.15, 0.2) is 0 Å². The monoisotopic (exact) mass is 723 g/mol. The van der Waals surface area contributed by atoms with E-state index in [2.05, 4.69) is 75.3 Å². The van der Waals surface area contributed by atoms with Crippen LogP contribution in [0.15, 0.2) is 48.7 Å². The lowest BCUT2D eigenvalue weighted by Crippen LogP contribution is -2.41. The van der Waals surface area contributed by atoms with Crippen LogP contribution in [0.1, 0.15) is 64.7 Å². The number of H-pyrrole nitrogens is 2. The van der Waals surface area contributed by atoms with E-state index >= 15 is 0 Å². The number of imidazole rings is 2. The van der Waals surface area contributed by atoms with Gasteiger partial charge in [0.25, 0.3) is 0 Å². The smallest absolute Gasteiger partial charge is 0.407 e. The SMILES string of the molecule is CC[C@H](C)N(Cc1nc2c(ccc3cc4c(cc32)OCc2cc(-c3cnc(CN(CC(C)C)C(=O)CNC(=O)OC)[nH]3)ccc2-4)[nH]1)C(=O)C[C@@H](C)OC. The fraction of sp³-hybridized carbons (Fsp3) is 0.425. The van der Waals surface area contributed by atoms with Gasteiger partial charge in [-0.3, -0.25) is 9.59 Å². The topological polar surface area (TPSA) is 155 Å². The molecule has 0 fully saturated rings. The Morgan fingerprint density at radius 2 is 1.77 bits per heavy atom. The number of nitrogens with zero attached hydrogens (tertiary/aromatic N) is 4. The number of fused-ring (bicyclic) bond motifs is 6. The van der Waals surface area contributed by atoms with E-state index in [0.29, 0.717) is 31.9 Å². The standard InChI is InChI=1S/C40H49N7O6/c1-8-24(4)47(37(48)13-25(5)51-6)21-36-43-32-12-10-26-15-31-29-11-9-27(14-28(29)22-53-34(31)16-30(26)39(32)45-36)33-17-41-35(44-33)20-46(19-23(2)3)38(49)18-42-40(50)52-7/h9-12,14-17,23-25H,8,13,18-22H2,1-7H3,(H,41,44)(H,42,50)(H,43,45)/t24-,25+/m0/s1. The molecule has 0 bridgehead atoms. The molecule has 2 atom stereocenters. The molecule has 3 heterocycles. The number of alkyl carbamates (subject to hydrolysis) is 1. The van der Waals surface area contributed by atoms with Gasteiger partial charge in [-0.15, -0.1) is 0 Å². The molecule has 0 saturated carbocycles. The third-order valence-electron chi connectivity index (χ3n) is 9.81. The summed E-state index contributed by atoms with van der Waals surface area (Å²) in [6.45, 7) is 11.5. The molecular weight excluding hydrogens is 674 g/mol. The second-order valence-corrected chi connectivity index (χ2v) is 14.2. The van der Waals surface area contributed by atoms with Crippen LogP contribution in [0, 0.1) is 5.92 Å². The summed E-state index contributed by atoms with van der Waals surface area (Å²) in [5.74, 6) is 2.22. The first-order valence-electron chi connectivity index (χ1n) is 18.1. The van der Waals surface area contributed by atoms with Crippen LogP contribution in [0.25, 0.3) is 44.2 Å². The highest BCUT2D eigenvalue weighted by Gasteiger charge is 2.25. The van der Waals surface area contributed by atoms with Crippen LogP contribution in [0.3, 0.4) is 0 Å². The summed E-state index contributed by atoms with van der Waals surface area (Å²) in [5, 5.41) is 4.49. The lowest BCUT2D eigenvalue weighted by Gasteiger charge is -2.28. The summed E-state index contributed by atoms with van der Waals surface area (Å²) in [4.78, 5) is 57.6. The van der Waals surface area contributed by atoms with E-state index in [1.807, 2.05) is 31.7 Å². The summed E-state index contributed by atoms with van der Waals surface area (Å²) in [6.07, 6.45) is 2.12. The molecule has 0 saturated heterocycles. The van der Waals surface area contributed by atoms with Crippen molar-refractivity contribution in [1.29, 1.82) is 0 Å². The Hall–Kier alpha value is -5.43. The normalized spacial score (nSPS) is 13.3. The summed E-state index contributed by atoms with van der Waals surface area (Å²) in [7, 11) is 2.88. The number of carbonyl (C=O) groups excluding carboxylic acids is 3. The van der Waals surface area contributed by atoms with Crippen molar-refractivity contribution in [3.05, 3.63) is 65.9 Å². The minimum Gasteiger partial charge on any atom is -0.488 e. The van der Waals surface area contributed by atoms with Gasteiger partial charge in [-0.1, -0.05) is 39.0 Å². The van der Waals surface area contributed by atoms with Crippen molar-refractivity contribution < 1.29 is 28.6 Å². The zero-order valence-corrected chi connectivity index (χ0v) is 31.5. The fourth-order valence-corrected chi connectivity index (χ4v) is 6.70. The highest BCUT2D eigenvalue weighted by atomic mass is 16.5. The van der Waals surface area contributed by atoms with Gasteiger partial charge in [0.2, 0.25) is 11.8 Å². The molecule has 53 heavy (non-hydrogen) atoms. The quantitative estimate of drug-likeness (QED) is 0.116. The molecule has 0 spiro atoms. The van der Waals surface area contributed by atoms with Crippen LogP contribution in [0.4, 0.5) is 4.79 Å². The second kappa shape index (κ2) is 16.1. The van der Waals surface area contributed by atoms with E-state index in [1.165, 1.54) is 7.11 Å². The molecule has 3 aromatic carbocycles. The molecule has 13 heteroatoms. The Morgan fingerprint density at radius 3 is 2.51 bits per heavy atom. The largest absolute Gasteiger partial charge is 0.488 e. The van der Waals surface area contributed by atoms with Gasteiger partial charge in [-0.05, 0) is 72.5 Å². The lowest BCUT2D eigenvalue weighted by molar-refractivity contribution is -0.136. The van der Waals surface area contributed by atoms with Gasteiger partial charge in [0.1, 0.15) is 30.5 Å². The van der Waals surface area contributed by atoms with Gasteiger partial charge in [0, 0.05) is 30.6 Å². The van der Waals surface area contributed by atoms with Crippen LogP contribution in [-0.4, -0.2) is 87.1 Å². The molecule has 0 aliphatic carbocycles. The summed E-state index contributed by atoms with van der Waals surface area (Å²) in [5.41, 5.74) is 6.69. The summed E-state index contributed by atoms with van der Waals surface area (Å²) >= 11 is 0. The number of amides is 3. The zero-order valence-electron chi connectivity index (χ0n) is 31.5. The molecule has 0 radical (unpaired) electrons. The van der Waals surface area contributed by atoms with Gasteiger partial charge >= 0.3 is 6.09 Å². The molecular formula is C40H49N7O6. The number of hydrogen-bond donors (Lipinski definition) is 3. The van der Waals surface area contributed by atoms with Crippen molar-refractivity contribution in [2.45, 2.75) is 79.3 Å². The molecule has 2 aromatic heterocycles. The molecule has 3 N–H and O–H groups in total. The predicted molar refractivity (Wildman–Crippen MR) is 203 cm³/mol. The molecule has 1 aliphatic rings. The lowest BCUT2D eigenvalue weighted by atomic mass is 9.92. The molecule has 0 unspecified atom stereocenters. The maximum atomic E-state index is 13.2. The molecule has 1 aliphatic heterocycles. The Kier molecular flexibility index (Phi) is 11.3. The van der Waals surface area contributed by atoms with Crippen molar-refractivity contribution in [3.8, 4) is 28.1 Å². The Bertz CT molecular complexity index is 2120. The Morgan fingerprint density at radius 1 is 0.962 bits per heavy atom. The minimum absolute atomic E-state index is 0.0443. The molecule has 13 nitrogen and oxygen atoms in total. The van der Waals surface area contributed by atoms with E-state index < -0.39 is 6.09 Å². The molecule has 5 aromatic rings. The first-order valence-corrected chi connectivity index (χ1v) is 18.1. The number of aromatic amines is 2. The van der Waals surface area contributed by atoms with Gasteiger partial charge in [-0.25, -0.2) is 14.8 Å². The number of methoxy groups -OCH3 is 2. The van der Waals surface area contributed by atoms with Crippen molar-refractivity contribution in [3.63, 3.8) is 0 Å². The number of nitrogens with one attached hydrogen (secondary N) is 3.